The molecule has 0 unspecified atom stereocenters. The normalized spacial score (nSPS) is 10.5. The highest BCUT2D eigenvalue weighted by molar-refractivity contribution is 5.93. The third-order valence-electron chi connectivity index (χ3n) is 3.38. The molecule has 2 heterocycles. The Kier molecular flexibility index (Phi) is 4.37. The van der Waals surface area contributed by atoms with Gasteiger partial charge in [-0.25, -0.2) is 19.6 Å². The van der Waals surface area contributed by atoms with Gasteiger partial charge >= 0.3 is 0 Å². The lowest BCUT2D eigenvalue weighted by atomic mass is 10.1. The number of amides is 1. The Morgan fingerprint density at radius 1 is 1.22 bits per heavy atom. The number of hydrogen-bond acceptors (Lipinski definition) is 5. The molecule has 2 aromatic heterocycles. The average molecular weight is 308 g/mol. The fourth-order valence-corrected chi connectivity index (χ4v) is 2.15. The molecule has 7 nitrogen and oxygen atoms in total. The maximum Gasteiger partial charge on any atom is 0.254 e. The second kappa shape index (κ2) is 6.78. The summed E-state index contributed by atoms with van der Waals surface area (Å²) < 4.78 is 1.67. The van der Waals surface area contributed by atoms with Gasteiger partial charge in [0.1, 0.15) is 18.5 Å². The smallest absolute Gasteiger partial charge is 0.254 e. The summed E-state index contributed by atoms with van der Waals surface area (Å²) in [6.07, 6.45) is 6.93. The second-order valence-electron chi connectivity index (χ2n) is 4.89. The zero-order valence-corrected chi connectivity index (χ0v) is 12.7. The summed E-state index contributed by atoms with van der Waals surface area (Å²) in [7, 11) is 0. The Hall–Kier alpha value is -3.09. The number of para-hydroxylation sites is 1. The number of nitrogens with zero attached hydrogens (tertiary/aromatic N) is 5. The van der Waals surface area contributed by atoms with Crippen molar-refractivity contribution in [2.24, 2.45) is 0 Å². The number of hydrogen-bond donors (Lipinski definition) is 1. The highest BCUT2D eigenvalue weighted by Crippen LogP contribution is 2.12. The molecular formula is C16H16N6O. The lowest BCUT2D eigenvalue weighted by Gasteiger charge is -2.10. The van der Waals surface area contributed by atoms with E-state index >= 15 is 0 Å². The van der Waals surface area contributed by atoms with Crippen molar-refractivity contribution >= 4 is 5.91 Å². The zero-order chi connectivity index (χ0) is 16.1. The average Bonchev–Trinajstić information content (AvgIpc) is 3.14. The van der Waals surface area contributed by atoms with E-state index in [0.717, 1.165) is 23.5 Å². The van der Waals surface area contributed by atoms with Gasteiger partial charge in [-0.2, -0.15) is 5.10 Å². The molecule has 0 aliphatic heterocycles. The summed E-state index contributed by atoms with van der Waals surface area (Å²) in [4.78, 5) is 24.4. The van der Waals surface area contributed by atoms with Gasteiger partial charge in [-0.05, 0) is 11.6 Å². The first-order valence-corrected chi connectivity index (χ1v) is 7.30. The fourth-order valence-electron chi connectivity index (χ4n) is 2.15. The molecule has 23 heavy (non-hydrogen) atoms. The summed E-state index contributed by atoms with van der Waals surface area (Å²) in [5, 5.41) is 7.00. The third kappa shape index (κ3) is 3.39. The van der Waals surface area contributed by atoms with Crippen LogP contribution in [-0.4, -0.2) is 30.6 Å². The van der Waals surface area contributed by atoms with Crippen LogP contribution in [0.5, 0.6) is 0 Å². The fraction of sp³-hybridized carbons (Fsp3) is 0.188. The highest BCUT2D eigenvalue weighted by atomic mass is 16.1. The van der Waals surface area contributed by atoms with Crippen LogP contribution in [0, 0.1) is 0 Å². The summed E-state index contributed by atoms with van der Waals surface area (Å²) in [6.45, 7) is 2.35. The predicted octanol–water partition coefficient (Wildman–Crippen LogP) is 1.55. The molecule has 0 bridgehead atoms. The number of rotatable bonds is 5. The number of nitrogens with one attached hydrogen (secondary N) is 1. The highest BCUT2D eigenvalue weighted by Gasteiger charge is 2.09. The molecule has 0 aliphatic rings. The second-order valence-corrected chi connectivity index (χ2v) is 4.89. The zero-order valence-electron chi connectivity index (χ0n) is 12.7. The van der Waals surface area contributed by atoms with Crippen LogP contribution in [0.2, 0.25) is 0 Å². The molecule has 0 saturated carbocycles. The van der Waals surface area contributed by atoms with Gasteiger partial charge in [-0.15, -0.1) is 0 Å². The molecule has 3 rings (SSSR count). The molecule has 1 amide bonds. The van der Waals surface area contributed by atoms with Crippen LogP contribution in [0.25, 0.3) is 5.69 Å². The first-order valence-electron chi connectivity index (χ1n) is 7.30. The quantitative estimate of drug-likeness (QED) is 0.773. The minimum atomic E-state index is -0.207. The van der Waals surface area contributed by atoms with Gasteiger partial charge < -0.3 is 5.32 Å². The van der Waals surface area contributed by atoms with Crippen molar-refractivity contribution in [3.05, 3.63) is 66.3 Å². The van der Waals surface area contributed by atoms with Crippen LogP contribution >= 0.6 is 0 Å². The molecule has 0 spiro atoms. The molecule has 3 aromatic rings. The molecule has 0 saturated heterocycles. The molecule has 7 heteroatoms. The van der Waals surface area contributed by atoms with Crippen LogP contribution < -0.4 is 5.32 Å². The molecule has 1 N–H and O–H groups in total. The number of carbonyl (C=O) groups excluding carboxylic acids is 1. The van der Waals surface area contributed by atoms with Crippen LogP contribution in [0.1, 0.15) is 28.7 Å². The topological polar surface area (TPSA) is 85.6 Å². The van der Waals surface area contributed by atoms with Crippen molar-refractivity contribution in [1.29, 1.82) is 0 Å². The van der Waals surface area contributed by atoms with Crippen LogP contribution in [0.15, 0.2) is 49.3 Å². The summed E-state index contributed by atoms with van der Waals surface area (Å²) in [5.74, 6) is 0.513. The van der Waals surface area contributed by atoms with Crippen molar-refractivity contribution in [3.63, 3.8) is 0 Å². The molecule has 0 fully saturated rings. The Labute approximate surface area is 133 Å². The standard InChI is InChI=1S/C16H16N6O/c1-2-15-18-8-13(9-19-15)16(23)20-7-12-5-3-4-6-14(12)22-11-17-10-21-22/h3-6,8-11H,2,7H2,1H3,(H,20,23). The van der Waals surface area contributed by atoms with Crippen LogP contribution in [-0.2, 0) is 13.0 Å². The van der Waals surface area contributed by atoms with Gasteiger partial charge in [-0.3, -0.25) is 4.79 Å². The summed E-state index contributed by atoms with van der Waals surface area (Å²) >= 11 is 0. The van der Waals surface area contributed by atoms with Crippen LogP contribution in [0.3, 0.4) is 0 Å². The number of benzene rings is 1. The van der Waals surface area contributed by atoms with Crippen LogP contribution in [0.4, 0.5) is 0 Å². The number of carbonyl (C=O) groups is 1. The van der Waals surface area contributed by atoms with Gasteiger partial charge in [0.05, 0.1) is 11.3 Å². The SMILES string of the molecule is CCc1ncc(C(=O)NCc2ccccc2-n2cncn2)cn1. The first kappa shape index (κ1) is 14.8. The predicted molar refractivity (Wildman–Crippen MR) is 83.9 cm³/mol. The Morgan fingerprint density at radius 3 is 2.70 bits per heavy atom. The Balaban J connectivity index is 1.72. The van der Waals surface area contributed by atoms with E-state index in [1.165, 1.54) is 6.33 Å². The van der Waals surface area contributed by atoms with E-state index in [2.05, 4.69) is 25.4 Å². The Bertz CT molecular complexity index is 783. The van der Waals surface area contributed by atoms with Crippen molar-refractivity contribution in [1.82, 2.24) is 30.0 Å². The van der Waals surface area contributed by atoms with Gasteiger partial charge in [0.25, 0.3) is 5.91 Å². The molecule has 0 radical (unpaired) electrons. The van der Waals surface area contributed by atoms with E-state index in [9.17, 15) is 4.79 Å². The number of aryl methyl sites for hydroxylation is 1. The van der Waals surface area contributed by atoms with Crippen molar-refractivity contribution in [2.45, 2.75) is 19.9 Å². The van der Waals surface area contributed by atoms with E-state index in [-0.39, 0.29) is 5.91 Å². The Morgan fingerprint density at radius 2 is 2.00 bits per heavy atom. The minimum Gasteiger partial charge on any atom is -0.348 e. The summed E-state index contributed by atoms with van der Waals surface area (Å²) in [5.41, 5.74) is 2.26. The van der Waals surface area contributed by atoms with Crippen molar-refractivity contribution in [3.8, 4) is 5.69 Å². The lowest BCUT2D eigenvalue weighted by Crippen LogP contribution is -2.24. The lowest BCUT2D eigenvalue weighted by molar-refractivity contribution is 0.0950. The van der Waals surface area contributed by atoms with E-state index in [4.69, 9.17) is 0 Å². The maximum atomic E-state index is 12.2. The molecular weight excluding hydrogens is 292 g/mol. The van der Waals surface area contributed by atoms with E-state index in [1.54, 1.807) is 23.4 Å². The minimum absolute atomic E-state index is 0.207. The molecule has 1 aromatic carbocycles. The van der Waals surface area contributed by atoms with E-state index < -0.39 is 0 Å². The third-order valence-corrected chi connectivity index (χ3v) is 3.38. The van der Waals surface area contributed by atoms with E-state index in [0.29, 0.717) is 12.1 Å². The van der Waals surface area contributed by atoms with E-state index in [1.807, 2.05) is 31.2 Å². The molecule has 116 valence electrons. The van der Waals surface area contributed by atoms with Crippen molar-refractivity contribution < 1.29 is 4.79 Å². The van der Waals surface area contributed by atoms with Gasteiger partial charge in [-0.1, -0.05) is 25.1 Å². The van der Waals surface area contributed by atoms with Crippen molar-refractivity contribution in [2.75, 3.05) is 0 Å². The molecule has 0 atom stereocenters. The number of aromatic nitrogens is 5. The maximum absolute atomic E-state index is 12.2. The summed E-state index contributed by atoms with van der Waals surface area (Å²) in [6, 6.07) is 7.70. The molecule has 0 aliphatic carbocycles. The van der Waals surface area contributed by atoms with Gasteiger partial charge in [0.15, 0.2) is 0 Å². The van der Waals surface area contributed by atoms with Gasteiger partial charge in [0.2, 0.25) is 0 Å². The monoisotopic (exact) mass is 308 g/mol. The largest absolute Gasteiger partial charge is 0.348 e. The first-order chi connectivity index (χ1) is 11.3. The van der Waals surface area contributed by atoms with Gasteiger partial charge in [0, 0.05) is 25.4 Å².